The molecule has 0 N–H and O–H groups in total. The Labute approximate surface area is 411 Å². The van der Waals surface area contributed by atoms with E-state index in [2.05, 4.69) is 269 Å². The van der Waals surface area contributed by atoms with Crippen LogP contribution in [0, 0.1) is 0 Å². The zero-order valence-corrected chi connectivity index (χ0v) is 40.0. The van der Waals surface area contributed by atoms with Crippen LogP contribution in [0.4, 0.5) is 17.1 Å². The molecule has 1 nitrogen and oxygen atoms in total. The van der Waals surface area contributed by atoms with Gasteiger partial charge < -0.3 is 4.90 Å². The number of nitrogens with zero attached hydrogens (tertiary/aromatic N) is 1. The van der Waals surface area contributed by atoms with E-state index in [-0.39, 0.29) is 10.8 Å². The van der Waals surface area contributed by atoms with Crippen LogP contribution in [0.15, 0.2) is 237 Å². The number of hydrogen-bond acceptors (Lipinski definition) is 1. The summed E-state index contributed by atoms with van der Waals surface area (Å²) in [5.41, 5.74) is 23.4. The van der Waals surface area contributed by atoms with Crippen LogP contribution in [0.1, 0.15) is 72.2 Å². The van der Waals surface area contributed by atoms with E-state index >= 15 is 0 Å². The quantitative estimate of drug-likeness (QED) is 0.161. The minimum atomic E-state index is -0.544. The second-order valence-corrected chi connectivity index (χ2v) is 20.8. The summed E-state index contributed by atoms with van der Waals surface area (Å²) in [6.45, 7) is 9.66. The number of para-hydroxylation sites is 1. The molecule has 0 unspecified atom stereocenters. The molecular formula is C69H51N. The van der Waals surface area contributed by atoms with Gasteiger partial charge in [0.05, 0.1) is 11.1 Å². The number of rotatable bonds is 6. The second kappa shape index (κ2) is 14.9. The van der Waals surface area contributed by atoms with E-state index < -0.39 is 5.41 Å². The SMILES string of the molecule is CC1(C)c2cc(N(c3ccc4c(c3)C(c3ccccc3)(c3ccccc3)c3ccccc3-4)c3ccccc3-c3cccc4c3C(C)(C)c3cc5ccccc5cc3-4)ccc2-c2c1ccc1ccccc21. The summed E-state index contributed by atoms with van der Waals surface area (Å²) in [6.07, 6.45) is 0. The Morgan fingerprint density at radius 1 is 0.300 bits per heavy atom. The topological polar surface area (TPSA) is 3.24 Å². The molecule has 0 aliphatic heterocycles. The van der Waals surface area contributed by atoms with Crippen molar-refractivity contribution in [2.24, 2.45) is 0 Å². The molecule has 0 aromatic heterocycles. The third-order valence-corrected chi connectivity index (χ3v) is 16.5. The summed E-state index contributed by atoms with van der Waals surface area (Å²) in [4.78, 5) is 2.57. The molecule has 332 valence electrons. The highest BCUT2D eigenvalue weighted by atomic mass is 15.1. The predicted molar refractivity (Wildman–Crippen MR) is 294 cm³/mol. The standard InChI is InChI=1S/C69H51N/c1-67(2)60-39-34-44-20-13-14-27-51(44)65(60)57-38-36-49(42-62(57)67)70(50-35-37-53-52-28-15-17-32-59(52)69(63(53)43-50,47-23-7-5-8-24-47)48-25-9-6-10-26-48)64-33-18-16-29-54(64)55-30-19-31-56-58-40-45-21-11-12-22-46(45)41-61(58)68(3,4)66(55)56/h5-43H,1-4H3. The normalized spacial score (nSPS) is 14.9. The molecule has 0 amide bonds. The van der Waals surface area contributed by atoms with E-state index in [1.54, 1.807) is 0 Å². The third-order valence-electron chi connectivity index (χ3n) is 16.5. The maximum Gasteiger partial charge on any atom is 0.0714 e. The summed E-state index contributed by atoms with van der Waals surface area (Å²) in [5, 5.41) is 5.15. The van der Waals surface area contributed by atoms with E-state index in [4.69, 9.17) is 0 Å². The lowest BCUT2D eigenvalue weighted by Gasteiger charge is -2.35. The minimum absolute atomic E-state index is 0.217. The number of fused-ring (bicyclic) bond motifs is 12. The Morgan fingerprint density at radius 3 is 1.56 bits per heavy atom. The van der Waals surface area contributed by atoms with Gasteiger partial charge in [0.2, 0.25) is 0 Å². The van der Waals surface area contributed by atoms with Crippen LogP contribution in [-0.4, -0.2) is 0 Å². The predicted octanol–water partition coefficient (Wildman–Crippen LogP) is 18.1. The fourth-order valence-electron chi connectivity index (χ4n) is 13.3. The first kappa shape index (κ1) is 40.8. The number of benzene rings is 11. The first-order valence-corrected chi connectivity index (χ1v) is 24.8. The van der Waals surface area contributed by atoms with Crippen molar-refractivity contribution in [2.45, 2.75) is 43.9 Å². The van der Waals surface area contributed by atoms with E-state index in [0.29, 0.717) is 0 Å². The van der Waals surface area contributed by atoms with Crippen molar-refractivity contribution in [1.82, 2.24) is 0 Å². The van der Waals surface area contributed by atoms with Crippen molar-refractivity contribution in [3.63, 3.8) is 0 Å². The Bertz CT molecular complexity index is 3910. The monoisotopic (exact) mass is 893 g/mol. The maximum atomic E-state index is 2.57. The Hall–Kier alpha value is -8.26. The fraction of sp³-hybridized carbons (Fsp3) is 0.101. The van der Waals surface area contributed by atoms with Gasteiger partial charge in [-0.15, -0.1) is 0 Å². The average molecular weight is 894 g/mol. The van der Waals surface area contributed by atoms with Crippen LogP contribution < -0.4 is 4.90 Å². The molecule has 3 aliphatic carbocycles. The van der Waals surface area contributed by atoms with E-state index in [0.717, 1.165) is 17.1 Å². The zero-order chi connectivity index (χ0) is 46.9. The molecule has 0 saturated heterocycles. The molecule has 1 heteroatoms. The molecule has 0 radical (unpaired) electrons. The lowest BCUT2D eigenvalue weighted by Crippen LogP contribution is -2.28. The molecule has 11 aromatic carbocycles. The van der Waals surface area contributed by atoms with Gasteiger partial charge >= 0.3 is 0 Å². The van der Waals surface area contributed by atoms with Crippen molar-refractivity contribution in [1.29, 1.82) is 0 Å². The Kier molecular flexibility index (Phi) is 8.66. The van der Waals surface area contributed by atoms with Gasteiger partial charge in [-0.3, -0.25) is 0 Å². The Balaban J connectivity index is 1.04. The largest absolute Gasteiger partial charge is 0.310 e. The van der Waals surface area contributed by atoms with Gasteiger partial charge in [0.25, 0.3) is 0 Å². The molecule has 0 saturated carbocycles. The van der Waals surface area contributed by atoms with Crippen molar-refractivity contribution in [3.8, 4) is 44.5 Å². The minimum Gasteiger partial charge on any atom is -0.310 e. The second-order valence-electron chi connectivity index (χ2n) is 20.8. The van der Waals surface area contributed by atoms with Gasteiger partial charge in [-0.25, -0.2) is 0 Å². The molecule has 14 rings (SSSR count). The van der Waals surface area contributed by atoms with Crippen LogP contribution in [0.3, 0.4) is 0 Å². The highest BCUT2D eigenvalue weighted by molar-refractivity contribution is 6.04. The summed E-state index contributed by atoms with van der Waals surface area (Å²) < 4.78 is 0. The molecule has 0 heterocycles. The third kappa shape index (κ3) is 5.55. The van der Waals surface area contributed by atoms with Gasteiger partial charge in [-0.2, -0.15) is 0 Å². The van der Waals surface area contributed by atoms with Crippen LogP contribution in [-0.2, 0) is 16.2 Å². The van der Waals surface area contributed by atoms with E-state index in [1.807, 2.05) is 0 Å². The highest BCUT2D eigenvalue weighted by Crippen LogP contribution is 2.60. The van der Waals surface area contributed by atoms with Gasteiger partial charge in [0.15, 0.2) is 0 Å². The molecule has 0 bridgehead atoms. The first-order valence-electron chi connectivity index (χ1n) is 24.8. The summed E-state index contributed by atoms with van der Waals surface area (Å²) in [6, 6.07) is 89.4. The smallest absolute Gasteiger partial charge is 0.0714 e. The summed E-state index contributed by atoms with van der Waals surface area (Å²) in [5.74, 6) is 0. The maximum absolute atomic E-state index is 2.57. The molecule has 0 spiro atoms. The molecule has 3 aliphatic rings. The van der Waals surface area contributed by atoms with Crippen molar-refractivity contribution < 1.29 is 0 Å². The molecule has 11 aromatic rings. The van der Waals surface area contributed by atoms with Gasteiger partial charge in [0, 0.05) is 27.8 Å². The molecule has 0 atom stereocenters. The van der Waals surface area contributed by atoms with Crippen LogP contribution >= 0.6 is 0 Å². The van der Waals surface area contributed by atoms with Crippen molar-refractivity contribution in [3.05, 3.63) is 281 Å². The van der Waals surface area contributed by atoms with Gasteiger partial charge in [-0.1, -0.05) is 222 Å². The lowest BCUT2D eigenvalue weighted by molar-refractivity contribution is 0.661. The van der Waals surface area contributed by atoms with Crippen molar-refractivity contribution >= 4 is 38.6 Å². The molecule has 70 heavy (non-hydrogen) atoms. The lowest BCUT2D eigenvalue weighted by atomic mass is 9.67. The van der Waals surface area contributed by atoms with Crippen LogP contribution in [0.2, 0.25) is 0 Å². The van der Waals surface area contributed by atoms with Crippen molar-refractivity contribution in [2.75, 3.05) is 4.90 Å². The van der Waals surface area contributed by atoms with Crippen LogP contribution in [0.25, 0.3) is 66.1 Å². The molecule has 0 fully saturated rings. The fourth-order valence-corrected chi connectivity index (χ4v) is 13.3. The number of anilines is 3. The van der Waals surface area contributed by atoms with Gasteiger partial charge in [0.1, 0.15) is 0 Å². The first-order chi connectivity index (χ1) is 34.2. The molecular weight excluding hydrogens is 843 g/mol. The van der Waals surface area contributed by atoms with Crippen LogP contribution in [0.5, 0.6) is 0 Å². The highest BCUT2D eigenvalue weighted by Gasteiger charge is 2.47. The summed E-state index contributed by atoms with van der Waals surface area (Å²) in [7, 11) is 0. The average Bonchev–Trinajstić information content (AvgIpc) is 3.93. The summed E-state index contributed by atoms with van der Waals surface area (Å²) >= 11 is 0. The van der Waals surface area contributed by atoms with E-state index in [9.17, 15) is 0 Å². The number of hydrogen-bond donors (Lipinski definition) is 0. The zero-order valence-electron chi connectivity index (χ0n) is 40.0. The Morgan fingerprint density at radius 2 is 0.829 bits per heavy atom. The van der Waals surface area contributed by atoms with E-state index in [1.165, 1.54) is 111 Å². The van der Waals surface area contributed by atoms with Gasteiger partial charge in [-0.05, 0) is 147 Å².